The zero-order valence-electron chi connectivity index (χ0n) is 18.5. The van der Waals surface area contributed by atoms with Crippen LogP contribution in [0.25, 0.3) is 11.0 Å². The molecule has 3 aromatic carbocycles. The van der Waals surface area contributed by atoms with Crippen molar-refractivity contribution < 1.29 is 31.2 Å². The molecule has 13 heteroatoms. The van der Waals surface area contributed by atoms with E-state index in [9.17, 15) is 31.2 Å². The summed E-state index contributed by atoms with van der Waals surface area (Å²) < 4.78 is 67.1. The van der Waals surface area contributed by atoms with Crippen LogP contribution in [0.5, 0.6) is 0 Å². The fourth-order valence-electron chi connectivity index (χ4n) is 4.10. The van der Waals surface area contributed by atoms with Crippen molar-refractivity contribution in [2.75, 3.05) is 6.54 Å². The van der Waals surface area contributed by atoms with E-state index in [4.69, 9.17) is 23.2 Å². The number of hydrogen-bond donors (Lipinski definition) is 0. The molecule has 0 radical (unpaired) electrons. The fraction of sp³-hybridized carbons (Fsp3) is 0.125. The van der Waals surface area contributed by atoms with Gasteiger partial charge in [0.1, 0.15) is 5.82 Å². The molecule has 7 nitrogen and oxygen atoms in total. The summed E-state index contributed by atoms with van der Waals surface area (Å²) in [6.45, 7) is -0.195. The summed E-state index contributed by atoms with van der Waals surface area (Å²) in [5.74, 6) is -1.12. The molecule has 0 unspecified atom stereocenters. The Morgan fingerprint density at radius 3 is 2.00 bits per heavy atom. The van der Waals surface area contributed by atoms with Crippen LogP contribution in [0.15, 0.2) is 65.6 Å². The lowest BCUT2D eigenvalue weighted by Crippen LogP contribution is -2.32. The summed E-state index contributed by atoms with van der Waals surface area (Å²) in [7, 11) is -4.47. The van der Waals surface area contributed by atoms with Gasteiger partial charge in [-0.3, -0.25) is 14.5 Å². The van der Waals surface area contributed by atoms with E-state index in [2.05, 4.69) is 4.98 Å². The van der Waals surface area contributed by atoms with E-state index in [1.54, 1.807) is 12.1 Å². The minimum absolute atomic E-state index is 0.0323. The Labute approximate surface area is 218 Å². The van der Waals surface area contributed by atoms with Crippen molar-refractivity contribution in [2.45, 2.75) is 17.5 Å². The van der Waals surface area contributed by atoms with Crippen LogP contribution in [0.4, 0.5) is 13.2 Å². The minimum Gasteiger partial charge on any atom is -0.274 e. The molecule has 37 heavy (non-hydrogen) atoms. The predicted octanol–water partition coefficient (Wildman–Crippen LogP) is 5.44. The quantitative estimate of drug-likeness (QED) is 0.300. The van der Waals surface area contributed by atoms with E-state index in [0.717, 1.165) is 21.0 Å². The van der Waals surface area contributed by atoms with Gasteiger partial charge in [0.15, 0.2) is 0 Å². The Hall–Kier alpha value is -3.41. The highest BCUT2D eigenvalue weighted by atomic mass is 35.5. The molecule has 1 aliphatic rings. The average Bonchev–Trinajstić information content (AvgIpc) is 3.32. The smallest absolute Gasteiger partial charge is 0.274 e. The molecule has 2 heterocycles. The van der Waals surface area contributed by atoms with Gasteiger partial charge in [-0.2, -0.15) is 13.2 Å². The van der Waals surface area contributed by atoms with Crippen LogP contribution in [0.3, 0.4) is 0 Å². The molecule has 4 aromatic rings. The summed E-state index contributed by atoms with van der Waals surface area (Å²) in [4.78, 5) is 30.4. The number of amides is 2. The molecule has 190 valence electrons. The van der Waals surface area contributed by atoms with Gasteiger partial charge >= 0.3 is 6.18 Å². The maximum absolute atomic E-state index is 13.6. The maximum Gasteiger partial charge on any atom is 0.416 e. The van der Waals surface area contributed by atoms with Gasteiger partial charge in [-0.05, 0) is 48.5 Å². The van der Waals surface area contributed by atoms with E-state index >= 15 is 0 Å². The first-order chi connectivity index (χ1) is 17.4. The summed E-state index contributed by atoms with van der Waals surface area (Å²) in [6, 6.07) is 11.9. The first-order valence-corrected chi connectivity index (χ1v) is 12.8. The van der Waals surface area contributed by atoms with Gasteiger partial charge in [-0.25, -0.2) is 17.4 Å². The van der Waals surface area contributed by atoms with Crippen LogP contribution in [0.1, 0.15) is 32.1 Å². The second-order valence-corrected chi connectivity index (χ2v) is 10.7. The number of carbonyl (C=O) groups excluding carboxylic acids is 2. The van der Waals surface area contributed by atoms with Gasteiger partial charge in [-0.15, -0.1) is 0 Å². The van der Waals surface area contributed by atoms with Crippen molar-refractivity contribution in [3.05, 3.63) is 93.2 Å². The maximum atomic E-state index is 13.6. The van der Waals surface area contributed by atoms with Crippen LogP contribution in [-0.4, -0.2) is 40.6 Å². The monoisotopic (exact) mass is 567 g/mol. The lowest BCUT2D eigenvalue weighted by Gasteiger charge is -2.15. The van der Waals surface area contributed by atoms with Crippen molar-refractivity contribution in [3.8, 4) is 0 Å². The second-order valence-electron chi connectivity index (χ2n) is 8.13. The zero-order chi connectivity index (χ0) is 26.7. The number of nitrogens with zero attached hydrogens (tertiary/aromatic N) is 3. The highest BCUT2D eigenvalue weighted by molar-refractivity contribution is 7.90. The van der Waals surface area contributed by atoms with Crippen molar-refractivity contribution in [2.24, 2.45) is 0 Å². The van der Waals surface area contributed by atoms with Crippen LogP contribution >= 0.6 is 23.2 Å². The number of imidazole rings is 1. The number of benzene rings is 3. The summed E-state index contributed by atoms with van der Waals surface area (Å²) in [5.41, 5.74) is -0.356. The fourth-order valence-corrected chi connectivity index (χ4v) is 5.92. The number of halogens is 5. The third kappa shape index (κ3) is 4.26. The Balaban J connectivity index is 1.57. The summed E-state index contributed by atoms with van der Waals surface area (Å²) in [5, 5.41) is 0.141. The Kier molecular flexibility index (Phi) is 6.05. The third-order valence-corrected chi connectivity index (χ3v) is 8.36. The van der Waals surface area contributed by atoms with Crippen molar-refractivity contribution in [1.82, 2.24) is 13.9 Å². The molecule has 0 spiro atoms. The van der Waals surface area contributed by atoms with E-state index in [-0.39, 0.29) is 51.0 Å². The van der Waals surface area contributed by atoms with Crippen molar-refractivity contribution in [1.29, 1.82) is 0 Å². The molecule has 0 saturated carbocycles. The number of hydrogen-bond acceptors (Lipinski definition) is 5. The molecule has 1 aliphatic heterocycles. The number of rotatable bonds is 5. The number of fused-ring (bicyclic) bond motifs is 2. The van der Waals surface area contributed by atoms with Crippen molar-refractivity contribution >= 4 is 56.1 Å². The number of imide groups is 1. The topological polar surface area (TPSA) is 89.3 Å². The summed E-state index contributed by atoms with van der Waals surface area (Å²) in [6.07, 6.45) is -4.82. The van der Waals surface area contributed by atoms with Crippen LogP contribution < -0.4 is 0 Å². The molecule has 2 amide bonds. The molecular formula is C24H14Cl2F3N3O4S. The summed E-state index contributed by atoms with van der Waals surface area (Å²) >= 11 is 12.2. The molecular weight excluding hydrogens is 554 g/mol. The van der Waals surface area contributed by atoms with E-state index in [0.29, 0.717) is 12.1 Å². The predicted molar refractivity (Wildman–Crippen MR) is 129 cm³/mol. The normalized spacial score (nSPS) is 14.0. The standard InChI is InChI=1S/C24H14Cl2F3N3O4S/c25-17-11-19-20(12-18(17)26)32(37(35,36)14-7-5-13(6-8-14)24(27,28)29)21(30-19)9-10-31-22(33)15-3-1-2-4-16(15)23(31)34/h1-8,11-12H,9-10H2. The zero-order valence-corrected chi connectivity index (χ0v) is 20.8. The second kappa shape index (κ2) is 8.86. The van der Waals surface area contributed by atoms with Crippen molar-refractivity contribution in [3.63, 3.8) is 0 Å². The molecule has 0 N–H and O–H groups in total. The number of carbonyl (C=O) groups is 2. The molecule has 1 aromatic heterocycles. The Morgan fingerprint density at radius 1 is 0.865 bits per heavy atom. The Morgan fingerprint density at radius 2 is 1.43 bits per heavy atom. The SMILES string of the molecule is O=C1c2ccccc2C(=O)N1CCc1nc2cc(Cl)c(Cl)cc2n1S(=O)(=O)c1ccc(C(F)(F)F)cc1. The van der Waals surface area contributed by atoms with E-state index in [1.807, 2.05) is 0 Å². The molecule has 0 fully saturated rings. The minimum atomic E-state index is -4.65. The van der Waals surface area contributed by atoms with E-state index in [1.165, 1.54) is 24.3 Å². The van der Waals surface area contributed by atoms with Gasteiger partial charge < -0.3 is 0 Å². The first-order valence-electron chi connectivity index (χ1n) is 10.6. The van der Waals surface area contributed by atoms with Gasteiger partial charge in [-0.1, -0.05) is 35.3 Å². The highest BCUT2D eigenvalue weighted by Crippen LogP contribution is 2.33. The number of alkyl halides is 3. The van der Waals surface area contributed by atoms with Gasteiger partial charge in [0.25, 0.3) is 21.8 Å². The van der Waals surface area contributed by atoms with E-state index < -0.39 is 38.5 Å². The third-order valence-electron chi connectivity index (χ3n) is 5.88. The lowest BCUT2D eigenvalue weighted by atomic mass is 10.1. The first kappa shape index (κ1) is 25.2. The highest BCUT2D eigenvalue weighted by Gasteiger charge is 2.36. The molecule has 5 rings (SSSR count). The Bertz CT molecular complexity index is 1670. The van der Waals surface area contributed by atoms with Gasteiger partial charge in [0, 0.05) is 13.0 Å². The largest absolute Gasteiger partial charge is 0.416 e. The average molecular weight is 568 g/mol. The molecule has 0 aliphatic carbocycles. The van der Waals surface area contributed by atoms with Crippen LogP contribution in [-0.2, 0) is 22.6 Å². The molecule has 0 atom stereocenters. The lowest BCUT2D eigenvalue weighted by molar-refractivity contribution is -0.137. The van der Waals surface area contributed by atoms with Crippen LogP contribution in [0, 0.1) is 0 Å². The van der Waals surface area contributed by atoms with Gasteiger partial charge in [0.2, 0.25) is 0 Å². The molecule has 0 bridgehead atoms. The molecule has 0 saturated heterocycles. The number of aromatic nitrogens is 2. The van der Waals surface area contributed by atoms with Crippen LogP contribution in [0.2, 0.25) is 10.0 Å². The van der Waals surface area contributed by atoms with Gasteiger partial charge in [0.05, 0.1) is 42.7 Å².